The number of carbonyl (C=O) groups excluding carboxylic acids is 2. The van der Waals surface area contributed by atoms with Crippen LogP contribution in [0.25, 0.3) is 11.3 Å². The molecule has 5 nitrogen and oxygen atoms in total. The molecule has 0 saturated heterocycles. The van der Waals surface area contributed by atoms with E-state index in [1.807, 2.05) is 43.3 Å². The number of benzene rings is 1. The molecule has 0 unspecified atom stereocenters. The Kier molecular flexibility index (Phi) is 5.12. The van der Waals surface area contributed by atoms with Crippen LogP contribution >= 0.6 is 0 Å². The number of pyridine rings is 1. The number of hydrogen-bond acceptors (Lipinski definition) is 3. The molecule has 5 heteroatoms. The third kappa shape index (κ3) is 3.87. The predicted molar refractivity (Wildman–Crippen MR) is 96.8 cm³/mol. The average molecular weight is 337 g/mol. The van der Waals surface area contributed by atoms with Crippen molar-refractivity contribution in [1.29, 1.82) is 0 Å². The Morgan fingerprint density at radius 2 is 2.00 bits per heavy atom. The van der Waals surface area contributed by atoms with Gasteiger partial charge in [0.15, 0.2) is 0 Å². The van der Waals surface area contributed by atoms with Crippen LogP contribution in [0.2, 0.25) is 0 Å². The number of nitrogens with two attached hydrogens (primary N) is 1. The molecule has 0 radical (unpaired) electrons. The summed E-state index contributed by atoms with van der Waals surface area (Å²) in [5, 5.41) is 3.07. The molecule has 1 saturated carbocycles. The number of aromatic nitrogens is 1. The van der Waals surface area contributed by atoms with E-state index in [1.165, 1.54) is 0 Å². The lowest BCUT2D eigenvalue weighted by atomic mass is 9.85. The normalized spacial score (nSPS) is 20.0. The smallest absolute Gasteiger partial charge is 0.251 e. The molecule has 25 heavy (non-hydrogen) atoms. The lowest BCUT2D eigenvalue weighted by Gasteiger charge is -2.28. The van der Waals surface area contributed by atoms with Gasteiger partial charge in [0.25, 0.3) is 5.91 Å². The summed E-state index contributed by atoms with van der Waals surface area (Å²) in [5.74, 6) is -0.516. The fourth-order valence-electron chi connectivity index (χ4n) is 3.52. The van der Waals surface area contributed by atoms with E-state index >= 15 is 0 Å². The van der Waals surface area contributed by atoms with Crippen LogP contribution in [0.1, 0.15) is 41.6 Å². The topological polar surface area (TPSA) is 85.1 Å². The van der Waals surface area contributed by atoms with Gasteiger partial charge in [0, 0.05) is 29.3 Å². The first-order valence-corrected chi connectivity index (χ1v) is 8.67. The largest absolute Gasteiger partial charge is 0.369 e. The third-order valence-corrected chi connectivity index (χ3v) is 4.93. The molecule has 1 aromatic carbocycles. The van der Waals surface area contributed by atoms with Gasteiger partial charge in [0.1, 0.15) is 0 Å². The Balaban J connectivity index is 1.78. The molecule has 2 amide bonds. The second kappa shape index (κ2) is 7.47. The molecule has 0 spiro atoms. The molecule has 0 aliphatic heterocycles. The maximum atomic E-state index is 12.7. The van der Waals surface area contributed by atoms with Gasteiger partial charge < -0.3 is 11.1 Å². The molecular formula is C20H23N3O2. The van der Waals surface area contributed by atoms with Crippen LogP contribution in [-0.2, 0) is 4.79 Å². The second-order valence-electron chi connectivity index (χ2n) is 6.63. The average Bonchev–Trinajstić information content (AvgIpc) is 2.62. The van der Waals surface area contributed by atoms with Crippen LogP contribution in [0.4, 0.5) is 0 Å². The van der Waals surface area contributed by atoms with Crippen molar-refractivity contribution in [2.75, 3.05) is 0 Å². The summed E-state index contributed by atoms with van der Waals surface area (Å²) in [6, 6.07) is 11.4. The van der Waals surface area contributed by atoms with Crippen LogP contribution in [0, 0.1) is 12.8 Å². The van der Waals surface area contributed by atoms with Crippen molar-refractivity contribution in [2.45, 2.75) is 38.6 Å². The van der Waals surface area contributed by atoms with E-state index in [4.69, 9.17) is 5.73 Å². The maximum absolute atomic E-state index is 12.7. The molecule has 2 atom stereocenters. The minimum Gasteiger partial charge on any atom is -0.369 e. The van der Waals surface area contributed by atoms with Gasteiger partial charge in [0.2, 0.25) is 5.91 Å². The van der Waals surface area contributed by atoms with Crippen molar-refractivity contribution in [3.63, 3.8) is 0 Å². The Morgan fingerprint density at radius 3 is 2.72 bits per heavy atom. The Bertz CT molecular complexity index is 774. The van der Waals surface area contributed by atoms with Crippen molar-refractivity contribution in [2.24, 2.45) is 11.7 Å². The zero-order chi connectivity index (χ0) is 17.8. The van der Waals surface area contributed by atoms with Gasteiger partial charge in [-0.15, -0.1) is 0 Å². The van der Waals surface area contributed by atoms with E-state index in [0.29, 0.717) is 12.0 Å². The van der Waals surface area contributed by atoms with E-state index < -0.39 is 0 Å². The van der Waals surface area contributed by atoms with E-state index in [-0.39, 0.29) is 23.8 Å². The molecule has 130 valence electrons. The predicted octanol–water partition coefficient (Wildman–Crippen LogP) is 2.83. The van der Waals surface area contributed by atoms with Gasteiger partial charge >= 0.3 is 0 Å². The summed E-state index contributed by atoms with van der Waals surface area (Å²) in [7, 11) is 0. The number of rotatable bonds is 4. The first-order chi connectivity index (χ1) is 12.1. The van der Waals surface area contributed by atoms with Crippen LogP contribution in [0.15, 0.2) is 42.6 Å². The first-order valence-electron chi connectivity index (χ1n) is 8.67. The van der Waals surface area contributed by atoms with Gasteiger partial charge in [-0.2, -0.15) is 0 Å². The monoisotopic (exact) mass is 337 g/mol. The highest BCUT2D eigenvalue weighted by molar-refractivity contribution is 5.97. The maximum Gasteiger partial charge on any atom is 0.251 e. The summed E-state index contributed by atoms with van der Waals surface area (Å²) < 4.78 is 0. The molecular weight excluding hydrogens is 314 g/mol. The lowest BCUT2D eigenvalue weighted by molar-refractivity contribution is -0.122. The summed E-state index contributed by atoms with van der Waals surface area (Å²) in [6.07, 6.45) is 4.98. The Hall–Kier alpha value is -2.69. The molecule has 1 aliphatic rings. The van der Waals surface area contributed by atoms with Crippen LogP contribution < -0.4 is 11.1 Å². The number of carbonyl (C=O) groups is 2. The highest BCUT2D eigenvalue weighted by Crippen LogP contribution is 2.26. The zero-order valence-electron chi connectivity index (χ0n) is 14.4. The van der Waals surface area contributed by atoms with Gasteiger partial charge in [-0.1, -0.05) is 24.6 Å². The standard InChI is InChI=1S/C20H23N3O2/c1-13-16(18-10-2-3-11-22-18)8-5-9-17(13)20(25)23-15-7-4-6-14(12-15)19(21)24/h2-3,5,8-11,14-15H,4,6-7,12H2,1H3,(H2,21,24)(H,23,25)/t14-,15+/m0/s1. The minimum absolute atomic E-state index is 0.00310. The molecule has 1 heterocycles. The van der Waals surface area contributed by atoms with Crippen molar-refractivity contribution in [3.05, 3.63) is 53.7 Å². The lowest BCUT2D eigenvalue weighted by Crippen LogP contribution is -2.41. The number of hydrogen-bond donors (Lipinski definition) is 2. The molecule has 1 fully saturated rings. The number of nitrogens with one attached hydrogen (secondary N) is 1. The molecule has 0 bridgehead atoms. The van der Waals surface area contributed by atoms with E-state index in [9.17, 15) is 9.59 Å². The van der Waals surface area contributed by atoms with Crippen LogP contribution in [0.5, 0.6) is 0 Å². The molecule has 3 rings (SSSR count). The molecule has 3 N–H and O–H groups in total. The Labute approximate surface area is 147 Å². The molecule has 2 aromatic rings. The van der Waals surface area contributed by atoms with E-state index in [2.05, 4.69) is 10.3 Å². The summed E-state index contributed by atoms with van der Waals surface area (Å²) >= 11 is 0. The van der Waals surface area contributed by atoms with Crippen LogP contribution in [-0.4, -0.2) is 22.8 Å². The van der Waals surface area contributed by atoms with Gasteiger partial charge in [-0.05, 0) is 49.9 Å². The summed E-state index contributed by atoms with van der Waals surface area (Å²) in [4.78, 5) is 28.5. The quantitative estimate of drug-likeness (QED) is 0.899. The molecule has 1 aromatic heterocycles. The number of amides is 2. The second-order valence-corrected chi connectivity index (χ2v) is 6.63. The van der Waals surface area contributed by atoms with Gasteiger partial charge in [-0.3, -0.25) is 14.6 Å². The first kappa shape index (κ1) is 17.1. The number of nitrogens with zero attached hydrogens (tertiary/aromatic N) is 1. The highest BCUT2D eigenvalue weighted by Gasteiger charge is 2.27. The summed E-state index contributed by atoms with van der Waals surface area (Å²) in [6.45, 7) is 1.94. The highest BCUT2D eigenvalue weighted by atomic mass is 16.2. The van der Waals surface area contributed by atoms with E-state index in [1.54, 1.807) is 6.20 Å². The summed E-state index contributed by atoms with van der Waals surface area (Å²) in [5.41, 5.74) is 8.77. The Morgan fingerprint density at radius 1 is 1.16 bits per heavy atom. The third-order valence-electron chi connectivity index (χ3n) is 4.93. The van der Waals surface area contributed by atoms with Gasteiger partial charge in [-0.25, -0.2) is 0 Å². The number of primary amides is 1. The fraction of sp³-hybridized carbons (Fsp3) is 0.350. The SMILES string of the molecule is Cc1c(C(=O)N[C@@H]2CCC[C@H](C(N)=O)C2)cccc1-c1ccccn1. The van der Waals surface area contributed by atoms with E-state index in [0.717, 1.165) is 36.1 Å². The minimum atomic E-state index is -0.271. The van der Waals surface area contributed by atoms with Crippen molar-refractivity contribution >= 4 is 11.8 Å². The van der Waals surface area contributed by atoms with Crippen molar-refractivity contribution in [1.82, 2.24) is 10.3 Å². The van der Waals surface area contributed by atoms with Crippen LogP contribution in [0.3, 0.4) is 0 Å². The fourth-order valence-corrected chi connectivity index (χ4v) is 3.52. The van der Waals surface area contributed by atoms with Crippen molar-refractivity contribution in [3.8, 4) is 11.3 Å². The van der Waals surface area contributed by atoms with Gasteiger partial charge in [0.05, 0.1) is 5.69 Å². The zero-order valence-corrected chi connectivity index (χ0v) is 14.4. The molecule has 1 aliphatic carbocycles. The van der Waals surface area contributed by atoms with Crippen molar-refractivity contribution < 1.29 is 9.59 Å².